The van der Waals surface area contributed by atoms with Crippen molar-refractivity contribution < 1.29 is 0 Å². The summed E-state index contributed by atoms with van der Waals surface area (Å²) in [6.07, 6.45) is 5.20. The maximum Gasteiger partial charge on any atom is 0.191 e. The second-order valence-electron chi connectivity index (χ2n) is 6.24. The van der Waals surface area contributed by atoms with Crippen LogP contribution in [-0.2, 0) is 0 Å². The minimum absolute atomic E-state index is 0.306. The first-order valence-corrected chi connectivity index (χ1v) is 8.47. The molecule has 4 heteroatoms. The third-order valence-electron chi connectivity index (χ3n) is 4.27. The zero-order valence-corrected chi connectivity index (χ0v) is 14.2. The number of hydrogen-bond acceptors (Lipinski definition) is 2. The molecule has 1 unspecified atom stereocenters. The second kappa shape index (κ2) is 8.79. The summed E-state index contributed by atoms with van der Waals surface area (Å²) in [5.74, 6) is 0.956. The van der Waals surface area contributed by atoms with Crippen LogP contribution in [0.3, 0.4) is 0 Å². The minimum atomic E-state index is 0.306. The zero-order valence-electron chi connectivity index (χ0n) is 14.2. The molecular formula is C18H30N4. The maximum atomic E-state index is 4.83. The highest BCUT2D eigenvalue weighted by molar-refractivity contribution is 5.80. The standard InChI is InChI=1S/C18H30N4/c1-4-19-18(21-16-12-8-9-13-16)20-14-17(22(2)3)15-10-6-5-7-11-15/h5-7,10-11,16-17H,4,8-9,12-14H2,1-3H3,(H2,19,20,21). The highest BCUT2D eigenvalue weighted by Crippen LogP contribution is 2.19. The Bertz CT molecular complexity index is 449. The molecule has 0 radical (unpaired) electrons. The van der Waals surface area contributed by atoms with Crippen LogP contribution in [0.25, 0.3) is 0 Å². The van der Waals surface area contributed by atoms with E-state index in [9.17, 15) is 0 Å². The first-order valence-electron chi connectivity index (χ1n) is 8.47. The SMILES string of the molecule is CCNC(=NCC(c1ccccc1)N(C)C)NC1CCCC1. The van der Waals surface area contributed by atoms with Crippen molar-refractivity contribution in [2.45, 2.75) is 44.7 Å². The molecule has 1 saturated carbocycles. The predicted molar refractivity (Wildman–Crippen MR) is 94.2 cm³/mol. The molecule has 2 N–H and O–H groups in total. The van der Waals surface area contributed by atoms with Crippen molar-refractivity contribution >= 4 is 5.96 Å². The van der Waals surface area contributed by atoms with E-state index >= 15 is 0 Å². The summed E-state index contributed by atoms with van der Waals surface area (Å²) >= 11 is 0. The summed E-state index contributed by atoms with van der Waals surface area (Å²) in [5, 5.41) is 6.96. The maximum absolute atomic E-state index is 4.83. The van der Waals surface area contributed by atoms with Crippen molar-refractivity contribution in [2.24, 2.45) is 4.99 Å². The Balaban J connectivity index is 2.02. The molecule has 1 aliphatic rings. The van der Waals surface area contributed by atoms with Gasteiger partial charge in [0, 0.05) is 12.6 Å². The van der Waals surface area contributed by atoms with Gasteiger partial charge in [0.25, 0.3) is 0 Å². The van der Waals surface area contributed by atoms with E-state index < -0.39 is 0 Å². The lowest BCUT2D eigenvalue weighted by atomic mass is 10.1. The van der Waals surface area contributed by atoms with Crippen LogP contribution in [0, 0.1) is 0 Å². The predicted octanol–water partition coefficient (Wildman–Crippen LogP) is 2.79. The molecule has 4 nitrogen and oxygen atoms in total. The van der Waals surface area contributed by atoms with E-state index in [1.54, 1.807) is 0 Å². The Morgan fingerprint density at radius 1 is 1.23 bits per heavy atom. The molecule has 0 amide bonds. The van der Waals surface area contributed by atoms with Gasteiger partial charge < -0.3 is 15.5 Å². The van der Waals surface area contributed by atoms with Crippen molar-refractivity contribution in [1.82, 2.24) is 15.5 Å². The van der Waals surface area contributed by atoms with Gasteiger partial charge in [0.15, 0.2) is 5.96 Å². The molecule has 0 spiro atoms. The van der Waals surface area contributed by atoms with Crippen molar-refractivity contribution in [3.63, 3.8) is 0 Å². The number of nitrogens with one attached hydrogen (secondary N) is 2. The summed E-state index contributed by atoms with van der Waals surface area (Å²) < 4.78 is 0. The minimum Gasteiger partial charge on any atom is -0.357 e. The summed E-state index contributed by atoms with van der Waals surface area (Å²) in [6.45, 7) is 3.78. The third kappa shape index (κ3) is 5.02. The van der Waals surface area contributed by atoms with Gasteiger partial charge in [0.2, 0.25) is 0 Å². The molecule has 1 atom stereocenters. The lowest BCUT2D eigenvalue weighted by Gasteiger charge is -2.24. The number of nitrogens with zero attached hydrogens (tertiary/aromatic N) is 2. The number of guanidine groups is 1. The van der Waals surface area contributed by atoms with Gasteiger partial charge in [0.1, 0.15) is 0 Å². The number of hydrogen-bond donors (Lipinski definition) is 2. The van der Waals surface area contributed by atoms with Gasteiger partial charge >= 0.3 is 0 Å². The third-order valence-corrected chi connectivity index (χ3v) is 4.27. The number of rotatable bonds is 6. The smallest absolute Gasteiger partial charge is 0.191 e. The average Bonchev–Trinajstić information content (AvgIpc) is 3.01. The Labute approximate surface area is 135 Å². The van der Waals surface area contributed by atoms with Gasteiger partial charge in [-0.25, -0.2) is 0 Å². The van der Waals surface area contributed by atoms with Crippen LogP contribution in [0.1, 0.15) is 44.2 Å². The van der Waals surface area contributed by atoms with E-state index in [1.807, 2.05) is 0 Å². The fraction of sp³-hybridized carbons (Fsp3) is 0.611. The van der Waals surface area contributed by atoms with Crippen molar-refractivity contribution in [3.8, 4) is 0 Å². The average molecular weight is 302 g/mol. The molecule has 1 aliphatic carbocycles. The molecule has 0 aliphatic heterocycles. The molecule has 1 fully saturated rings. The zero-order chi connectivity index (χ0) is 15.8. The van der Waals surface area contributed by atoms with Gasteiger partial charge in [-0.15, -0.1) is 0 Å². The van der Waals surface area contributed by atoms with E-state index in [0.29, 0.717) is 12.1 Å². The van der Waals surface area contributed by atoms with Gasteiger partial charge in [0.05, 0.1) is 12.6 Å². The van der Waals surface area contributed by atoms with E-state index in [4.69, 9.17) is 4.99 Å². The first-order chi connectivity index (χ1) is 10.7. The van der Waals surface area contributed by atoms with Crippen LogP contribution in [0.15, 0.2) is 35.3 Å². The van der Waals surface area contributed by atoms with Crippen molar-refractivity contribution in [3.05, 3.63) is 35.9 Å². The van der Waals surface area contributed by atoms with Crippen LogP contribution in [0.4, 0.5) is 0 Å². The molecule has 0 saturated heterocycles. The van der Waals surface area contributed by atoms with Crippen LogP contribution >= 0.6 is 0 Å². The number of likely N-dealkylation sites (N-methyl/N-ethyl adjacent to an activating group) is 1. The summed E-state index contributed by atoms with van der Waals surface area (Å²) in [4.78, 5) is 7.06. The van der Waals surface area contributed by atoms with Gasteiger partial charge in [-0.2, -0.15) is 0 Å². The van der Waals surface area contributed by atoms with Crippen LogP contribution in [-0.4, -0.2) is 44.1 Å². The van der Waals surface area contributed by atoms with E-state index in [2.05, 4.69) is 66.9 Å². The van der Waals surface area contributed by atoms with Crippen molar-refractivity contribution in [1.29, 1.82) is 0 Å². The normalized spacial score (nSPS) is 17.7. The Morgan fingerprint density at radius 3 is 2.50 bits per heavy atom. The van der Waals surface area contributed by atoms with Crippen LogP contribution in [0.5, 0.6) is 0 Å². The second-order valence-corrected chi connectivity index (χ2v) is 6.24. The Hall–Kier alpha value is -1.55. The number of aliphatic imine (C=N–C) groups is 1. The number of benzene rings is 1. The molecule has 0 aromatic heterocycles. The van der Waals surface area contributed by atoms with Crippen molar-refractivity contribution in [2.75, 3.05) is 27.2 Å². The quantitative estimate of drug-likeness (QED) is 0.627. The Morgan fingerprint density at radius 2 is 1.91 bits per heavy atom. The van der Waals surface area contributed by atoms with E-state index in [0.717, 1.165) is 19.0 Å². The molecule has 2 rings (SSSR count). The molecule has 22 heavy (non-hydrogen) atoms. The molecule has 0 bridgehead atoms. The summed E-state index contributed by atoms with van der Waals surface area (Å²) in [6, 6.07) is 11.5. The summed E-state index contributed by atoms with van der Waals surface area (Å²) in [5.41, 5.74) is 1.31. The van der Waals surface area contributed by atoms with Gasteiger partial charge in [-0.05, 0) is 39.4 Å². The molecule has 0 heterocycles. The fourth-order valence-electron chi connectivity index (χ4n) is 3.00. The van der Waals surface area contributed by atoms with Crippen LogP contribution in [0.2, 0.25) is 0 Å². The molecule has 122 valence electrons. The lowest BCUT2D eigenvalue weighted by molar-refractivity contribution is 0.306. The van der Waals surface area contributed by atoms with E-state index in [1.165, 1.54) is 31.2 Å². The monoisotopic (exact) mass is 302 g/mol. The largest absolute Gasteiger partial charge is 0.357 e. The molecule has 1 aromatic rings. The molecular weight excluding hydrogens is 272 g/mol. The topological polar surface area (TPSA) is 39.7 Å². The highest BCUT2D eigenvalue weighted by Gasteiger charge is 2.17. The van der Waals surface area contributed by atoms with Crippen LogP contribution < -0.4 is 10.6 Å². The fourth-order valence-corrected chi connectivity index (χ4v) is 3.00. The first kappa shape index (κ1) is 16.8. The lowest BCUT2D eigenvalue weighted by Crippen LogP contribution is -2.42. The van der Waals surface area contributed by atoms with Gasteiger partial charge in [-0.3, -0.25) is 4.99 Å². The highest BCUT2D eigenvalue weighted by atomic mass is 15.2. The summed E-state index contributed by atoms with van der Waals surface area (Å²) in [7, 11) is 4.23. The molecule has 1 aromatic carbocycles. The van der Waals surface area contributed by atoms with Gasteiger partial charge in [-0.1, -0.05) is 43.2 Å². The van der Waals surface area contributed by atoms with E-state index in [-0.39, 0.29) is 0 Å². The Kier molecular flexibility index (Phi) is 6.72.